The highest BCUT2D eigenvalue weighted by molar-refractivity contribution is 7.99. The summed E-state index contributed by atoms with van der Waals surface area (Å²) in [6, 6.07) is 12.4. The molecule has 21 heavy (non-hydrogen) atoms. The van der Waals surface area contributed by atoms with Crippen LogP contribution in [0.4, 0.5) is 5.69 Å². The van der Waals surface area contributed by atoms with Gasteiger partial charge in [-0.1, -0.05) is 41.4 Å². The van der Waals surface area contributed by atoms with Crippen LogP contribution in [0.3, 0.4) is 0 Å². The molecule has 0 spiro atoms. The van der Waals surface area contributed by atoms with E-state index in [-0.39, 0.29) is 5.91 Å². The monoisotopic (exact) mass is 337 g/mol. The summed E-state index contributed by atoms with van der Waals surface area (Å²) >= 11 is 13.4. The number of carbonyl (C=O) groups excluding carboxylic acids is 1. The van der Waals surface area contributed by atoms with Crippen LogP contribution in [0.5, 0.6) is 0 Å². The topological polar surface area (TPSA) is 29.1 Å². The van der Waals surface area contributed by atoms with Crippen LogP contribution in [0.25, 0.3) is 0 Å². The molecular weight excluding hydrogens is 325 g/mol. The van der Waals surface area contributed by atoms with Crippen LogP contribution >= 0.6 is 35.0 Å². The van der Waals surface area contributed by atoms with E-state index in [0.717, 1.165) is 10.6 Å². The average Bonchev–Trinajstić information content (AvgIpc) is 2.44. The molecule has 2 aromatic rings. The van der Waals surface area contributed by atoms with Crippen molar-refractivity contribution in [2.24, 2.45) is 0 Å². The molecule has 0 fully saturated rings. The van der Waals surface area contributed by atoms with Gasteiger partial charge in [-0.2, -0.15) is 0 Å². The molecule has 0 aliphatic rings. The lowest BCUT2D eigenvalue weighted by atomic mass is 10.2. The van der Waals surface area contributed by atoms with Crippen molar-refractivity contribution >= 4 is 46.6 Å². The van der Waals surface area contributed by atoms with Gasteiger partial charge in [0.1, 0.15) is 0 Å². The Kier molecular flexibility index (Phi) is 5.74. The van der Waals surface area contributed by atoms with E-state index >= 15 is 0 Å². The summed E-state index contributed by atoms with van der Waals surface area (Å²) in [6.45, 7) is 3.69. The van der Waals surface area contributed by atoms with Gasteiger partial charge in [-0.3, -0.25) is 4.79 Å². The van der Waals surface area contributed by atoms with Gasteiger partial charge in [0.2, 0.25) is 0 Å². The SMILES string of the molecule is C=CCSc1ccccc1C(=O)Nc1cc(Cl)cc(Cl)c1. The number of hydrogen-bond acceptors (Lipinski definition) is 2. The summed E-state index contributed by atoms with van der Waals surface area (Å²) in [4.78, 5) is 13.3. The lowest BCUT2D eigenvalue weighted by molar-refractivity contribution is 0.102. The Morgan fingerprint density at radius 2 is 1.86 bits per heavy atom. The summed E-state index contributed by atoms with van der Waals surface area (Å²) in [7, 11) is 0. The van der Waals surface area contributed by atoms with E-state index < -0.39 is 0 Å². The highest BCUT2D eigenvalue weighted by Gasteiger charge is 2.11. The fraction of sp³-hybridized carbons (Fsp3) is 0.0625. The number of hydrogen-bond donors (Lipinski definition) is 1. The normalized spacial score (nSPS) is 10.2. The molecule has 0 bridgehead atoms. The lowest BCUT2D eigenvalue weighted by Crippen LogP contribution is -2.13. The Bertz CT molecular complexity index is 653. The van der Waals surface area contributed by atoms with E-state index in [1.54, 1.807) is 42.1 Å². The Morgan fingerprint density at radius 1 is 1.19 bits per heavy atom. The molecular formula is C16H13Cl2NOS. The van der Waals surface area contributed by atoms with Gasteiger partial charge in [-0.15, -0.1) is 18.3 Å². The van der Waals surface area contributed by atoms with Crippen LogP contribution in [0, 0.1) is 0 Å². The van der Waals surface area contributed by atoms with Gasteiger partial charge >= 0.3 is 0 Å². The standard InChI is InChI=1S/C16H13Cl2NOS/c1-2-7-21-15-6-4-3-5-14(15)16(20)19-13-9-11(17)8-12(18)10-13/h2-6,8-10H,1,7H2,(H,19,20). The summed E-state index contributed by atoms with van der Waals surface area (Å²) in [6.07, 6.45) is 1.80. The smallest absolute Gasteiger partial charge is 0.256 e. The Balaban J connectivity index is 2.22. The number of rotatable bonds is 5. The maximum atomic E-state index is 12.4. The average molecular weight is 338 g/mol. The highest BCUT2D eigenvalue weighted by atomic mass is 35.5. The number of amides is 1. The van der Waals surface area contributed by atoms with Crippen molar-refractivity contribution < 1.29 is 4.79 Å². The van der Waals surface area contributed by atoms with Gasteiger partial charge in [0, 0.05) is 26.4 Å². The maximum Gasteiger partial charge on any atom is 0.256 e. The molecule has 0 unspecified atom stereocenters. The predicted octanol–water partition coefficient (Wildman–Crippen LogP) is 5.52. The highest BCUT2D eigenvalue weighted by Crippen LogP contribution is 2.26. The summed E-state index contributed by atoms with van der Waals surface area (Å²) in [5.74, 6) is 0.549. The Hall–Kier alpha value is -1.42. The first kappa shape index (κ1) is 16.0. The molecule has 0 aliphatic carbocycles. The minimum atomic E-state index is -0.194. The molecule has 108 valence electrons. The van der Waals surface area contributed by atoms with Gasteiger partial charge in [0.25, 0.3) is 5.91 Å². The molecule has 0 radical (unpaired) electrons. The van der Waals surface area contributed by atoms with E-state index in [2.05, 4.69) is 11.9 Å². The summed E-state index contributed by atoms with van der Waals surface area (Å²) in [5, 5.41) is 3.77. The molecule has 5 heteroatoms. The fourth-order valence-corrected chi connectivity index (χ4v) is 3.07. The third-order valence-corrected chi connectivity index (χ3v) is 4.11. The summed E-state index contributed by atoms with van der Waals surface area (Å²) < 4.78 is 0. The van der Waals surface area contributed by atoms with Crippen LogP contribution < -0.4 is 5.32 Å². The van der Waals surface area contributed by atoms with Crippen molar-refractivity contribution in [1.29, 1.82) is 0 Å². The second-order valence-corrected chi connectivity index (χ2v) is 6.14. The van der Waals surface area contributed by atoms with Crippen LogP contribution in [0.15, 0.2) is 60.0 Å². The molecule has 0 saturated heterocycles. The minimum Gasteiger partial charge on any atom is -0.322 e. The zero-order valence-electron chi connectivity index (χ0n) is 11.1. The van der Waals surface area contributed by atoms with Crippen LogP contribution in [0.1, 0.15) is 10.4 Å². The first-order valence-electron chi connectivity index (χ1n) is 6.20. The van der Waals surface area contributed by atoms with E-state index in [1.807, 2.05) is 18.2 Å². The predicted molar refractivity (Wildman–Crippen MR) is 91.8 cm³/mol. The van der Waals surface area contributed by atoms with Gasteiger partial charge in [0.15, 0.2) is 0 Å². The number of anilines is 1. The first-order chi connectivity index (χ1) is 10.1. The molecule has 2 rings (SSSR count). The maximum absolute atomic E-state index is 12.4. The van der Waals surface area contributed by atoms with E-state index in [0.29, 0.717) is 21.3 Å². The third kappa shape index (κ3) is 4.53. The number of carbonyl (C=O) groups is 1. The second kappa shape index (κ2) is 7.55. The molecule has 0 heterocycles. The van der Waals surface area contributed by atoms with Gasteiger partial charge in [-0.25, -0.2) is 0 Å². The number of nitrogens with one attached hydrogen (secondary N) is 1. The third-order valence-electron chi connectivity index (χ3n) is 2.61. The molecule has 1 N–H and O–H groups in total. The quantitative estimate of drug-likeness (QED) is 0.574. The second-order valence-electron chi connectivity index (χ2n) is 4.21. The lowest BCUT2D eigenvalue weighted by Gasteiger charge is -2.10. The van der Waals surface area contributed by atoms with Gasteiger partial charge in [0.05, 0.1) is 5.56 Å². The van der Waals surface area contributed by atoms with Crippen molar-refractivity contribution in [3.8, 4) is 0 Å². The molecule has 2 aromatic carbocycles. The van der Waals surface area contributed by atoms with Crippen LogP contribution in [0.2, 0.25) is 10.0 Å². The molecule has 0 aliphatic heterocycles. The molecule has 0 aromatic heterocycles. The summed E-state index contributed by atoms with van der Waals surface area (Å²) in [5.41, 5.74) is 1.18. The molecule has 0 saturated carbocycles. The van der Waals surface area contributed by atoms with Crippen molar-refractivity contribution in [2.75, 3.05) is 11.1 Å². The molecule has 1 amide bonds. The van der Waals surface area contributed by atoms with Crippen LogP contribution in [-0.2, 0) is 0 Å². The van der Waals surface area contributed by atoms with Crippen molar-refractivity contribution in [1.82, 2.24) is 0 Å². The van der Waals surface area contributed by atoms with Crippen molar-refractivity contribution in [2.45, 2.75) is 4.90 Å². The van der Waals surface area contributed by atoms with E-state index in [9.17, 15) is 4.79 Å². The molecule has 0 atom stereocenters. The van der Waals surface area contributed by atoms with E-state index in [1.165, 1.54) is 0 Å². The van der Waals surface area contributed by atoms with Gasteiger partial charge in [-0.05, 0) is 30.3 Å². The van der Waals surface area contributed by atoms with Crippen molar-refractivity contribution in [3.05, 3.63) is 70.7 Å². The zero-order chi connectivity index (χ0) is 15.2. The Morgan fingerprint density at radius 3 is 2.52 bits per heavy atom. The number of halogens is 2. The number of thioether (sulfide) groups is 1. The van der Waals surface area contributed by atoms with E-state index in [4.69, 9.17) is 23.2 Å². The first-order valence-corrected chi connectivity index (χ1v) is 7.94. The fourth-order valence-electron chi connectivity index (χ4n) is 1.75. The molecule has 2 nitrogen and oxygen atoms in total. The van der Waals surface area contributed by atoms with Crippen molar-refractivity contribution in [3.63, 3.8) is 0 Å². The van der Waals surface area contributed by atoms with Gasteiger partial charge < -0.3 is 5.32 Å². The van der Waals surface area contributed by atoms with Crippen LogP contribution in [-0.4, -0.2) is 11.7 Å². The zero-order valence-corrected chi connectivity index (χ0v) is 13.4. The largest absolute Gasteiger partial charge is 0.322 e. The number of benzene rings is 2. The minimum absolute atomic E-state index is 0.194. The Labute approximate surface area is 138 Å².